The zero-order chi connectivity index (χ0) is 23.3. The Morgan fingerprint density at radius 3 is 2.65 bits per heavy atom. The van der Waals surface area contributed by atoms with Gasteiger partial charge in [0.2, 0.25) is 0 Å². The second-order valence-corrected chi connectivity index (χ2v) is 9.90. The molecule has 2 aromatic heterocycles. The summed E-state index contributed by atoms with van der Waals surface area (Å²) in [5.41, 5.74) is 3.07. The zero-order valence-electron chi connectivity index (χ0n) is 20.6. The third kappa shape index (κ3) is 7.81. The summed E-state index contributed by atoms with van der Waals surface area (Å²) in [5, 5.41) is 6.69. The minimum atomic E-state index is -0.242. The number of piperidine rings is 1. The van der Waals surface area contributed by atoms with Crippen LogP contribution in [0.5, 0.6) is 0 Å². The summed E-state index contributed by atoms with van der Waals surface area (Å²) in [5.74, 6) is 7.90. The van der Waals surface area contributed by atoms with E-state index in [1.54, 1.807) is 12.5 Å². The van der Waals surface area contributed by atoms with Crippen molar-refractivity contribution in [3.63, 3.8) is 0 Å². The van der Waals surface area contributed by atoms with Crippen molar-refractivity contribution < 1.29 is 9.21 Å². The number of nitrogens with zero attached hydrogens (tertiary/aromatic N) is 3. The molecule has 192 valence electrons. The molecule has 0 saturated carbocycles. The van der Waals surface area contributed by atoms with Crippen molar-refractivity contribution in [2.45, 2.75) is 65.1 Å². The van der Waals surface area contributed by atoms with Crippen LogP contribution in [0.25, 0.3) is 0 Å². The van der Waals surface area contributed by atoms with Crippen LogP contribution >= 0.6 is 24.8 Å². The van der Waals surface area contributed by atoms with Gasteiger partial charge in [0.25, 0.3) is 5.91 Å². The number of hydrogen-bond donors (Lipinski definition) is 4. The number of carbonyl (C=O) groups excluding carboxylic acids is 1. The van der Waals surface area contributed by atoms with Crippen LogP contribution in [0.3, 0.4) is 0 Å². The van der Waals surface area contributed by atoms with E-state index in [4.69, 9.17) is 15.2 Å². The number of carbonyl (C=O) groups is 1. The number of rotatable bonds is 8. The first kappa shape index (κ1) is 30.1. The maximum absolute atomic E-state index is 13.8. The monoisotopic (exact) mass is 515 g/mol. The van der Waals surface area contributed by atoms with Crippen LogP contribution in [0.1, 0.15) is 63.0 Å². The lowest BCUT2D eigenvalue weighted by molar-refractivity contribution is 0.0602. The summed E-state index contributed by atoms with van der Waals surface area (Å²) < 4.78 is 5.44. The molecule has 34 heavy (non-hydrogen) atoms. The highest BCUT2D eigenvalue weighted by atomic mass is 35.5. The van der Waals surface area contributed by atoms with Crippen molar-refractivity contribution in [3.8, 4) is 0 Å². The Balaban J connectivity index is 0.00000289. The van der Waals surface area contributed by atoms with Crippen molar-refractivity contribution in [2.75, 3.05) is 25.0 Å². The molecule has 0 unspecified atom stereocenters. The van der Waals surface area contributed by atoms with Crippen LogP contribution < -0.4 is 21.9 Å². The van der Waals surface area contributed by atoms with Crippen LogP contribution in [0.15, 0.2) is 29.0 Å². The van der Waals surface area contributed by atoms with Crippen LogP contribution in [0.4, 0.5) is 5.82 Å². The minimum Gasteiger partial charge on any atom is -0.467 e. The molecule has 0 spiro atoms. The SMILES string of the molecule is CC(C)CN(C(=O)c1cnc(C(C)(C)C)nc1NCc1ccco1)[C@H]1CNC[C@@H](NN)C1.Cl.Cl. The summed E-state index contributed by atoms with van der Waals surface area (Å²) in [4.78, 5) is 25.0. The normalized spacial score (nSPS) is 18.1. The lowest BCUT2D eigenvalue weighted by Gasteiger charge is -2.39. The average Bonchev–Trinajstić information content (AvgIpc) is 3.28. The first-order valence-corrected chi connectivity index (χ1v) is 11.3. The van der Waals surface area contributed by atoms with Gasteiger partial charge in [-0.15, -0.1) is 24.8 Å². The molecule has 0 bridgehead atoms. The Kier molecular flexibility index (Phi) is 11.7. The molecule has 3 heterocycles. The standard InChI is InChI=1S/C23H37N7O2.2ClH/c1-15(2)14-30(17-9-16(29-24)10-25-11-17)21(31)19-13-27-22(23(3,4)5)28-20(19)26-12-18-7-6-8-32-18;;/h6-8,13,15-17,25,29H,9-12,14,24H2,1-5H3,(H,26,27,28);2*1H/t16-,17+;;/m0../s1. The predicted molar refractivity (Wildman–Crippen MR) is 140 cm³/mol. The fourth-order valence-corrected chi connectivity index (χ4v) is 3.85. The lowest BCUT2D eigenvalue weighted by Crippen LogP contribution is -2.57. The third-order valence-electron chi connectivity index (χ3n) is 5.53. The Morgan fingerprint density at radius 2 is 2.06 bits per heavy atom. The van der Waals surface area contributed by atoms with Crippen molar-refractivity contribution in [1.82, 2.24) is 25.6 Å². The van der Waals surface area contributed by atoms with Crippen LogP contribution in [0, 0.1) is 5.92 Å². The first-order chi connectivity index (χ1) is 15.2. The molecule has 11 heteroatoms. The maximum Gasteiger partial charge on any atom is 0.259 e. The molecule has 1 saturated heterocycles. The van der Waals surface area contributed by atoms with Crippen LogP contribution in [0.2, 0.25) is 0 Å². The largest absolute Gasteiger partial charge is 0.467 e. The van der Waals surface area contributed by atoms with Gasteiger partial charge in [-0.05, 0) is 24.5 Å². The summed E-state index contributed by atoms with van der Waals surface area (Å²) in [6.07, 6.45) is 4.08. The highest BCUT2D eigenvalue weighted by Crippen LogP contribution is 2.25. The zero-order valence-corrected chi connectivity index (χ0v) is 22.3. The van der Waals surface area contributed by atoms with Crippen molar-refractivity contribution in [1.29, 1.82) is 0 Å². The number of nitrogens with two attached hydrogens (primary N) is 1. The lowest BCUT2D eigenvalue weighted by atomic mass is 9.95. The number of nitrogens with one attached hydrogen (secondary N) is 3. The summed E-state index contributed by atoms with van der Waals surface area (Å²) >= 11 is 0. The van der Waals surface area contributed by atoms with Gasteiger partial charge in [0.1, 0.15) is 23.0 Å². The molecule has 3 rings (SSSR count). The van der Waals surface area contributed by atoms with Crippen molar-refractivity contribution in [3.05, 3.63) is 41.7 Å². The summed E-state index contributed by atoms with van der Waals surface area (Å²) in [6, 6.07) is 3.87. The molecule has 1 aliphatic rings. The third-order valence-corrected chi connectivity index (χ3v) is 5.53. The molecule has 1 aliphatic heterocycles. The Morgan fingerprint density at radius 1 is 1.32 bits per heavy atom. The summed E-state index contributed by atoms with van der Waals surface area (Å²) in [7, 11) is 0. The molecule has 2 atom stereocenters. The second-order valence-electron chi connectivity index (χ2n) is 9.90. The summed E-state index contributed by atoms with van der Waals surface area (Å²) in [6.45, 7) is 13.0. The Bertz CT molecular complexity index is 888. The van der Waals surface area contributed by atoms with E-state index in [1.807, 2.05) is 17.0 Å². The predicted octanol–water partition coefficient (Wildman–Crippen LogP) is 3.11. The van der Waals surface area contributed by atoms with Crippen LogP contribution in [-0.2, 0) is 12.0 Å². The van der Waals surface area contributed by atoms with Crippen LogP contribution in [-0.4, -0.2) is 52.5 Å². The van der Waals surface area contributed by atoms with Gasteiger partial charge in [-0.25, -0.2) is 9.97 Å². The van der Waals surface area contributed by atoms with Crippen molar-refractivity contribution in [2.24, 2.45) is 11.8 Å². The highest BCUT2D eigenvalue weighted by Gasteiger charge is 2.32. The first-order valence-electron chi connectivity index (χ1n) is 11.3. The van der Waals surface area contributed by atoms with E-state index < -0.39 is 0 Å². The van der Waals surface area contributed by atoms with E-state index >= 15 is 0 Å². The molecule has 9 nitrogen and oxygen atoms in total. The van der Waals surface area contributed by atoms with Gasteiger partial charge < -0.3 is 20.0 Å². The van der Waals surface area contributed by atoms with Gasteiger partial charge >= 0.3 is 0 Å². The van der Waals surface area contributed by atoms with Crippen molar-refractivity contribution >= 4 is 36.5 Å². The minimum absolute atomic E-state index is 0. The molecule has 2 aromatic rings. The fourth-order valence-electron chi connectivity index (χ4n) is 3.85. The highest BCUT2D eigenvalue weighted by molar-refractivity contribution is 5.98. The van der Waals surface area contributed by atoms with Gasteiger partial charge in [-0.2, -0.15) is 0 Å². The van der Waals surface area contributed by atoms with E-state index in [1.165, 1.54) is 0 Å². The quantitative estimate of drug-likeness (QED) is 0.312. The molecular weight excluding hydrogens is 477 g/mol. The van der Waals surface area contributed by atoms with E-state index in [9.17, 15) is 4.79 Å². The Labute approximate surface area is 214 Å². The number of hydrazine groups is 1. The van der Waals surface area contributed by atoms with Gasteiger partial charge in [0, 0.05) is 43.3 Å². The van der Waals surface area contributed by atoms with E-state index in [0.717, 1.165) is 25.3 Å². The topological polar surface area (TPSA) is 121 Å². The number of amides is 1. The molecular formula is C23H39Cl2N7O2. The number of aromatic nitrogens is 2. The molecule has 0 aliphatic carbocycles. The fraction of sp³-hybridized carbons (Fsp3) is 0.609. The molecule has 1 amide bonds. The smallest absolute Gasteiger partial charge is 0.259 e. The van der Waals surface area contributed by atoms with Gasteiger partial charge in [0.15, 0.2) is 0 Å². The van der Waals surface area contributed by atoms with Gasteiger partial charge in [0.05, 0.1) is 12.8 Å². The number of hydrogen-bond acceptors (Lipinski definition) is 8. The average molecular weight is 517 g/mol. The molecule has 1 fully saturated rings. The van der Waals surface area contributed by atoms with Gasteiger partial charge in [-0.1, -0.05) is 34.6 Å². The van der Waals surface area contributed by atoms with E-state index in [-0.39, 0.29) is 48.2 Å². The molecule has 5 N–H and O–H groups in total. The number of halogens is 2. The molecule has 0 aromatic carbocycles. The van der Waals surface area contributed by atoms with E-state index in [2.05, 4.69) is 55.7 Å². The second kappa shape index (κ2) is 13.3. The Hall–Kier alpha value is -1.91. The maximum atomic E-state index is 13.8. The number of furan rings is 1. The van der Waals surface area contributed by atoms with Gasteiger partial charge in [-0.3, -0.25) is 16.1 Å². The number of anilines is 1. The van der Waals surface area contributed by atoms with E-state index in [0.29, 0.717) is 36.2 Å². The molecule has 0 radical (unpaired) electrons.